The molecule has 4 heteroatoms. The third kappa shape index (κ3) is 1.69. The minimum Gasteiger partial charge on any atom is -0.306 e. The van der Waals surface area contributed by atoms with Gasteiger partial charge < -0.3 is 4.90 Å². The van der Waals surface area contributed by atoms with Gasteiger partial charge in [0.25, 0.3) is 0 Å². The summed E-state index contributed by atoms with van der Waals surface area (Å²) in [6.45, 7) is 3.48. The standard InChI is InChI=1S/C8H11NO2S/c1-5(10)7-3-8(12)9(4-7)6(2)11/h7H,3-4H2,1-2H3. The number of hydrogen-bond donors (Lipinski definition) is 0. The number of hydrogen-bond acceptors (Lipinski definition) is 3. The minimum absolute atomic E-state index is 0.0660. The Bertz CT molecular complexity index is 249. The Labute approximate surface area is 76.7 Å². The summed E-state index contributed by atoms with van der Waals surface area (Å²) in [7, 11) is 0. The first-order chi connectivity index (χ1) is 5.52. The summed E-state index contributed by atoms with van der Waals surface area (Å²) in [5.74, 6) is -0.0220. The van der Waals surface area contributed by atoms with Gasteiger partial charge in [-0.2, -0.15) is 0 Å². The number of nitrogens with zero attached hydrogens (tertiary/aromatic N) is 1. The second-order valence-corrected chi connectivity index (χ2v) is 3.51. The van der Waals surface area contributed by atoms with E-state index < -0.39 is 0 Å². The monoisotopic (exact) mass is 185 g/mol. The number of ketones is 1. The molecule has 1 heterocycles. The van der Waals surface area contributed by atoms with Gasteiger partial charge in [-0.3, -0.25) is 9.59 Å². The first-order valence-corrected chi connectivity index (χ1v) is 4.24. The normalized spacial score (nSPS) is 23.0. The fraction of sp³-hybridized carbons (Fsp3) is 0.625. The van der Waals surface area contributed by atoms with Crippen molar-refractivity contribution in [3.05, 3.63) is 0 Å². The van der Waals surface area contributed by atoms with Crippen molar-refractivity contribution in [3.63, 3.8) is 0 Å². The van der Waals surface area contributed by atoms with Gasteiger partial charge in [0, 0.05) is 25.8 Å². The Hall–Kier alpha value is -0.770. The molecule has 1 rings (SSSR count). The predicted molar refractivity (Wildman–Crippen MR) is 48.8 cm³/mol. The van der Waals surface area contributed by atoms with E-state index in [2.05, 4.69) is 0 Å². The maximum absolute atomic E-state index is 11.0. The van der Waals surface area contributed by atoms with E-state index in [1.165, 1.54) is 18.7 Å². The summed E-state index contributed by atoms with van der Waals surface area (Å²) in [6.07, 6.45) is 0.560. The molecule has 0 bridgehead atoms. The number of thiocarbonyl (C=S) groups is 1. The molecule has 1 saturated heterocycles. The predicted octanol–water partition coefficient (Wildman–Crippen LogP) is 0.771. The van der Waals surface area contributed by atoms with Gasteiger partial charge in [-0.05, 0) is 6.92 Å². The lowest BCUT2D eigenvalue weighted by Crippen LogP contribution is -2.29. The van der Waals surface area contributed by atoms with Crippen molar-refractivity contribution in [2.24, 2.45) is 5.92 Å². The molecule has 1 fully saturated rings. The van der Waals surface area contributed by atoms with Crippen LogP contribution >= 0.6 is 12.2 Å². The summed E-state index contributed by atoms with van der Waals surface area (Å²) in [5.41, 5.74) is 0. The largest absolute Gasteiger partial charge is 0.306 e. The van der Waals surface area contributed by atoms with E-state index in [1.807, 2.05) is 0 Å². The van der Waals surface area contributed by atoms with E-state index in [9.17, 15) is 9.59 Å². The average Bonchev–Trinajstić information content (AvgIpc) is 2.30. The number of amides is 1. The van der Waals surface area contributed by atoms with Crippen molar-refractivity contribution in [3.8, 4) is 0 Å². The SMILES string of the molecule is CC(=O)C1CC(=S)N(C(C)=O)C1. The van der Waals surface area contributed by atoms with Crippen molar-refractivity contribution in [2.75, 3.05) is 6.54 Å². The molecule has 0 N–H and O–H groups in total. The molecule has 3 nitrogen and oxygen atoms in total. The third-order valence-corrected chi connectivity index (χ3v) is 2.47. The molecular weight excluding hydrogens is 174 g/mol. The molecule has 0 aromatic heterocycles. The van der Waals surface area contributed by atoms with Crippen LogP contribution in [0, 0.1) is 5.92 Å². The smallest absolute Gasteiger partial charge is 0.224 e. The molecule has 12 heavy (non-hydrogen) atoms. The molecule has 0 radical (unpaired) electrons. The summed E-state index contributed by atoms with van der Waals surface area (Å²) >= 11 is 4.97. The van der Waals surface area contributed by atoms with Crippen LogP contribution in [0.15, 0.2) is 0 Å². The van der Waals surface area contributed by atoms with E-state index in [1.54, 1.807) is 0 Å². The van der Waals surface area contributed by atoms with Crippen LogP contribution in [0.1, 0.15) is 20.3 Å². The topological polar surface area (TPSA) is 37.4 Å². The fourth-order valence-electron chi connectivity index (χ4n) is 1.28. The molecule has 1 amide bonds. The zero-order chi connectivity index (χ0) is 9.30. The van der Waals surface area contributed by atoms with Crippen LogP contribution < -0.4 is 0 Å². The molecule has 0 aromatic carbocycles. The molecular formula is C8H11NO2S. The lowest BCUT2D eigenvalue weighted by molar-refractivity contribution is -0.125. The number of carbonyl (C=O) groups is 2. The quantitative estimate of drug-likeness (QED) is 0.566. The summed E-state index contributed by atoms with van der Waals surface area (Å²) in [5, 5.41) is 0. The molecule has 66 valence electrons. The van der Waals surface area contributed by atoms with Crippen LogP contribution in [0.2, 0.25) is 0 Å². The Balaban J connectivity index is 2.68. The number of rotatable bonds is 1. The van der Waals surface area contributed by atoms with E-state index in [0.717, 1.165) is 0 Å². The summed E-state index contributed by atoms with van der Waals surface area (Å²) < 4.78 is 0. The molecule has 0 aromatic rings. The average molecular weight is 185 g/mol. The Morgan fingerprint density at radius 2 is 2.08 bits per heavy atom. The fourth-order valence-corrected chi connectivity index (χ4v) is 1.69. The van der Waals surface area contributed by atoms with Crippen LogP contribution in [-0.4, -0.2) is 28.1 Å². The van der Waals surface area contributed by atoms with Gasteiger partial charge in [-0.25, -0.2) is 0 Å². The second-order valence-electron chi connectivity index (χ2n) is 3.04. The van der Waals surface area contributed by atoms with Gasteiger partial charge in [0.2, 0.25) is 5.91 Å². The second kappa shape index (κ2) is 3.31. The molecule has 1 atom stereocenters. The Kier molecular flexibility index (Phi) is 2.57. The van der Waals surface area contributed by atoms with Crippen LogP contribution in [0.3, 0.4) is 0 Å². The van der Waals surface area contributed by atoms with Gasteiger partial charge in [0.15, 0.2) is 0 Å². The van der Waals surface area contributed by atoms with Gasteiger partial charge in [-0.1, -0.05) is 12.2 Å². The molecule has 0 spiro atoms. The molecule has 0 aliphatic carbocycles. The lowest BCUT2D eigenvalue weighted by atomic mass is 10.1. The molecule has 1 aliphatic heterocycles. The zero-order valence-corrected chi connectivity index (χ0v) is 7.98. The highest BCUT2D eigenvalue weighted by molar-refractivity contribution is 7.80. The van der Waals surface area contributed by atoms with Gasteiger partial charge in [0.1, 0.15) is 5.78 Å². The lowest BCUT2D eigenvalue weighted by Gasteiger charge is -2.12. The summed E-state index contributed by atoms with van der Waals surface area (Å²) in [4.78, 5) is 24.0. The van der Waals surface area contributed by atoms with Crippen LogP contribution in [0.5, 0.6) is 0 Å². The van der Waals surface area contributed by atoms with Crippen LogP contribution in [0.25, 0.3) is 0 Å². The van der Waals surface area contributed by atoms with Crippen molar-refractivity contribution in [1.82, 2.24) is 4.90 Å². The highest BCUT2D eigenvalue weighted by Gasteiger charge is 2.31. The van der Waals surface area contributed by atoms with Gasteiger partial charge in [0.05, 0.1) is 4.99 Å². The number of carbonyl (C=O) groups excluding carboxylic acids is 2. The zero-order valence-electron chi connectivity index (χ0n) is 7.16. The van der Waals surface area contributed by atoms with Crippen molar-refractivity contribution >= 4 is 28.9 Å². The number of Topliss-reactive ketones (excluding diaryl/α,β-unsaturated/α-hetero) is 1. The molecule has 1 unspecified atom stereocenters. The van der Waals surface area contributed by atoms with Crippen molar-refractivity contribution in [2.45, 2.75) is 20.3 Å². The Morgan fingerprint density at radius 3 is 2.33 bits per heavy atom. The van der Waals surface area contributed by atoms with Crippen LogP contribution in [-0.2, 0) is 9.59 Å². The van der Waals surface area contributed by atoms with E-state index >= 15 is 0 Å². The Morgan fingerprint density at radius 1 is 1.50 bits per heavy atom. The number of likely N-dealkylation sites (tertiary alicyclic amines) is 1. The minimum atomic E-state index is -0.0681. The summed E-state index contributed by atoms with van der Waals surface area (Å²) in [6, 6.07) is 0. The van der Waals surface area contributed by atoms with Gasteiger partial charge >= 0.3 is 0 Å². The first kappa shape index (κ1) is 9.32. The van der Waals surface area contributed by atoms with Crippen molar-refractivity contribution in [1.29, 1.82) is 0 Å². The van der Waals surface area contributed by atoms with E-state index in [4.69, 9.17) is 12.2 Å². The maximum Gasteiger partial charge on any atom is 0.224 e. The molecule has 0 saturated carbocycles. The van der Waals surface area contributed by atoms with Crippen LogP contribution in [0.4, 0.5) is 0 Å². The highest BCUT2D eigenvalue weighted by Crippen LogP contribution is 2.19. The van der Waals surface area contributed by atoms with Crippen molar-refractivity contribution < 1.29 is 9.59 Å². The van der Waals surface area contributed by atoms with E-state index in [-0.39, 0.29) is 17.6 Å². The van der Waals surface area contributed by atoms with E-state index in [0.29, 0.717) is 18.0 Å². The highest BCUT2D eigenvalue weighted by atomic mass is 32.1. The van der Waals surface area contributed by atoms with Gasteiger partial charge in [-0.15, -0.1) is 0 Å². The third-order valence-electron chi connectivity index (χ3n) is 2.08. The maximum atomic E-state index is 11.0. The first-order valence-electron chi connectivity index (χ1n) is 3.83. The molecule has 1 aliphatic rings.